The molecule has 0 saturated carbocycles. The van der Waals surface area contributed by atoms with Gasteiger partial charge in [0.2, 0.25) is 0 Å². The molecule has 5 rings (SSSR count). The Bertz CT molecular complexity index is 1210. The van der Waals surface area contributed by atoms with Crippen molar-refractivity contribution in [3.05, 3.63) is 53.9 Å². The quantitative estimate of drug-likeness (QED) is 0.668. The molecular formula is C21H19N5O3. The fraction of sp³-hybridized carbons (Fsp3) is 0.190. The minimum atomic E-state index is 0.115. The third kappa shape index (κ3) is 2.80. The summed E-state index contributed by atoms with van der Waals surface area (Å²) in [5, 5.41) is 10.8. The summed E-state index contributed by atoms with van der Waals surface area (Å²) >= 11 is 0. The summed E-state index contributed by atoms with van der Waals surface area (Å²) in [7, 11) is 3.20. The van der Waals surface area contributed by atoms with Crippen molar-refractivity contribution < 1.29 is 14.6 Å². The van der Waals surface area contributed by atoms with Gasteiger partial charge in [0.15, 0.2) is 11.5 Å². The number of fused-ring (bicyclic) bond motifs is 4. The Morgan fingerprint density at radius 3 is 2.83 bits per heavy atom. The first-order valence-electron chi connectivity index (χ1n) is 9.19. The molecule has 8 heteroatoms. The summed E-state index contributed by atoms with van der Waals surface area (Å²) in [5.74, 6) is 2.78. The van der Waals surface area contributed by atoms with Crippen molar-refractivity contribution in [3.8, 4) is 11.5 Å². The van der Waals surface area contributed by atoms with Gasteiger partial charge in [0.05, 0.1) is 43.8 Å². The first kappa shape index (κ1) is 17.3. The number of aromatic amines is 1. The van der Waals surface area contributed by atoms with E-state index in [0.717, 1.165) is 28.1 Å². The van der Waals surface area contributed by atoms with Gasteiger partial charge in [-0.1, -0.05) is 0 Å². The molecule has 0 fully saturated rings. The molecule has 8 nitrogen and oxygen atoms in total. The number of methoxy groups -OCH3 is 2. The second-order valence-electron chi connectivity index (χ2n) is 6.72. The number of hydrogen-bond donors (Lipinski definition) is 2. The molecule has 2 N–H and O–H groups in total. The van der Waals surface area contributed by atoms with Crippen LogP contribution in [0.15, 0.2) is 52.7 Å². The van der Waals surface area contributed by atoms with Crippen LogP contribution in [-0.4, -0.2) is 59.0 Å². The molecule has 2 aliphatic rings. The Morgan fingerprint density at radius 1 is 1.17 bits per heavy atom. The predicted octanol–water partition coefficient (Wildman–Crippen LogP) is 3.29. The molecule has 0 bridgehead atoms. The minimum absolute atomic E-state index is 0.115. The number of hydrogen-bond acceptors (Lipinski definition) is 7. The van der Waals surface area contributed by atoms with E-state index in [1.54, 1.807) is 26.6 Å². The number of rotatable bonds is 4. The summed E-state index contributed by atoms with van der Waals surface area (Å²) in [4.78, 5) is 18.7. The van der Waals surface area contributed by atoms with Crippen LogP contribution in [0.5, 0.6) is 11.5 Å². The number of H-pyrrole nitrogens is 1. The maximum Gasteiger partial charge on any atom is 0.162 e. The molecule has 29 heavy (non-hydrogen) atoms. The number of nitrogens with zero attached hydrogens (tertiary/aromatic N) is 4. The highest BCUT2D eigenvalue weighted by atomic mass is 16.5. The van der Waals surface area contributed by atoms with Crippen molar-refractivity contribution in [1.82, 2.24) is 14.9 Å². The standard InChI is InChI=1S/C21H19N5O3/c1-28-18-8-13-15(9-19(18)29-2)25-20(26-6-5-22-21(13)26)10-17(27)12-3-4-14-16(7-12)24-11-23-14/h3-4,7-11,27H,5-6H2,1-2H3,(H,23,24). The first-order chi connectivity index (χ1) is 14.2. The average Bonchev–Trinajstić information content (AvgIpc) is 3.42. The van der Waals surface area contributed by atoms with Crippen molar-refractivity contribution in [1.29, 1.82) is 0 Å². The number of aliphatic hydroxyl groups is 1. The van der Waals surface area contributed by atoms with E-state index >= 15 is 0 Å². The molecule has 0 radical (unpaired) electrons. The SMILES string of the molecule is COc1cc2c(cc1OC)C1=NCCN1C(C=C(O)c1ccc3[nH]cnc3c1)=N2. The molecule has 0 spiro atoms. The van der Waals surface area contributed by atoms with Crippen LogP contribution >= 0.6 is 0 Å². The second kappa shape index (κ2) is 6.66. The summed E-state index contributed by atoms with van der Waals surface area (Å²) in [6.45, 7) is 1.36. The van der Waals surface area contributed by atoms with Gasteiger partial charge in [0.1, 0.15) is 17.4 Å². The third-order valence-electron chi connectivity index (χ3n) is 5.08. The van der Waals surface area contributed by atoms with Gasteiger partial charge in [-0.05, 0) is 24.3 Å². The highest BCUT2D eigenvalue weighted by molar-refractivity contribution is 6.20. The van der Waals surface area contributed by atoms with Crippen LogP contribution in [0.4, 0.5) is 5.69 Å². The van der Waals surface area contributed by atoms with Crippen LogP contribution in [0.1, 0.15) is 11.1 Å². The van der Waals surface area contributed by atoms with E-state index in [2.05, 4.69) is 15.0 Å². The Kier molecular flexibility index (Phi) is 3.97. The predicted molar refractivity (Wildman–Crippen MR) is 111 cm³/mol. The lowest BCUT2D eigenvalue weighted by Crippen LogP contribution is -2.36. The van der Waals surface area contributed by atoms with Crippen LogP contribution in [-0.2, 0) is 0 Å². The van der Waals surface area contributed by atoms with E-state index in [9.17, 15) is 5.11 Å². The van der Waals surface area contributed by atoms with Gasteiger partial charge in [-0.25, -0.2) is 9.98 Å². The number of aliphatic hydroxyl groups excluding tert-OH is 1. The zero-order chi connectivity index (χ0) is 20.0. The van der Waals surface area contributed by atoms with E-state index < -0.39 is 0 Å². The molecule has 0 amide bonds. The van der Waals surface area contributed by atoms with Crippen LogP contribution in [0, 0.1) is 0 Å². The van der Waals surface area contributed by atoms with E-state index in [0.29, 0.717) is 36.0 Å². The minimum Gasteiger partial charge on any atom is -0.507 e. The van der Waals surface area contributed by atoms with E-state index in [-0.39, 0.29) is 5.76 Å². The van der Waals surface area contributed by atoms with Crippen molar-refractivity contribution in [2.45, 2.75) is 0 Å². The lowest BCUT2D eigenvalue weighted by Gasteiger charge is -2.26. The van der Waals surface area contributed by atoms with Crippen LogP contribution in [0.3, 0.4) is 0 Å². The van der Waals surface area contributed by atoms with Crippen molar-refractivity contribution in [3.63, 3.8) is 0 Å². The second-order valence-corrected chi connectivity index (χ2v) is 6.72. The number of ether oxygens (including phenoxy) is 2. The van der Waals surface area contributed by atoms with E-state index in [1.165, 1.54) is 0 Å². The Hall–Kier alpha value is -3.81. The van der Waals surface area contributed by atoms with Gasteiger partial charge in [0.25, 0.3) is 0 Å². The number of benzene rings is 2. The van der Waals surface area contributed by atoms with Crippen LogP contribution in [0.25, 0.3) is 16.8 Å². The third-order valence-corrected chi connectivity index (χ3v) is 5.08. The van der Waals surface area contributed by atoms with E-state index in [4.69, 9.17) is 14.5 Å². The van der Waals surface area contributed by atoms with Gasteiger partial charge in [-0.15, -0.1) is 0 Å². The number of aromatic nitrogens is 2. The summed E-state index contributed by atoms with van der Waals surface area (Å²) in [5.41, 5.74) is 3.98. The Labute approximate surface area is 166 Å². The number of amidine groups is 2. The van der Waals surface area contributed by atoms with Crippen molar-refractivity contribution >= 4 is 34.2 Å². The van der Waals surface area contributed by atoms with Crippen LogP contribution in [0.2, 0.25) is 0 Å². The largest absolute Gasteiger partial charge is 0.507 e. The lowest BCUT2D eigenvalue weighted by molar-refractivity contribution is 0.355. The number of nitrogens with one attached hydrogen (secondary N) is 1. The lowest BCUT2D eigenvalue weighted by atomic mass is 10.1. The zero-order valence-electron chi connectivity index (χ0n) is 16.0. The summed E-state index contributed by atoms with van der Waals surface area (Å²) in [6, 6.07) is 9.28. The normalized spacial score (nSPS) is 15.7. The molecule has 1 aromatic heterocycles. The number of imidazole rings is 1. The molecule has 0 unspecified atom stereocenters. The maximum absolute atomic E-state index is 10.8. The van der Waals surface area contributed by atoms with Crippen molar-refractivity contribution in [2.24, 2.45) is 9.98 Å². The molecule has 146 valence electrons. The molecule has 0 saturated heterocycles. The Balaban J connectivity index is 1.60. The molecule has 3 heterocycles. The van der Waals surface area contributed by atoms with Gasteiger partial charge in [-0.2, -0.15) is 0 Å². The summed E-state index contributed by atoms with van der Waals surface area (Å²) in [6.07, 6.45) is 3.29. The molecule has 2 aliphatic heterocycles. The van der Waals surface area contributed by atoms with Gasteiger partial charge < -0.3 is 24.5 Å². The molecular weight excluding hydrogens is 370 g/mol. The monoisotopic (exact) mass is 389 g/mol. The summed E-state index contributed by atoms with van der Waals surface area (Å²) < 4.78 is 10.8. The molecule has 0 atom stereocenters. The molecule has 2 aromatic carbocycles. The van der Waals surface area contributed by atoms with Gasteiger partial charge in [-0.3, -0.25) is 4.99 Å². The molecule has 3 aromatic rings. The Morgan fingerprint density at radius 2 is 2.00 bits per heavy atom. The maximum atomic E-state index is 10.8. The number of aliphatic imine (C=N–C) groups is 2. The first-order valence-corrected chi connectivity index (χ1v) is 9.19. The highest BCUT2D eigenvalue weighted by Gasteiger charge is 2.30. The fourth-order valence-electron chi connectivity index (χ4n) is 3.63. The van der Waals surface area contributed by atoms with E-state index in [1.807, 2.05) is 35.2 Å². The van der Waals surface area contributed by atoms with Crippen LogP contribution < -0.4 is 9.47 Å². The molecule has 0 aliphatic carbocycles. The highest BCUT2D eigenvalue weighted by Crippen LogP contribution is 2.38. The van der Waals surface area contributed by atoms with Gasteiger partial charge in [0, 0.05) is 29.8 Å². The average molecular weight is 389 g/mol. The topological polar surface area (TPSA) is 95.3 Å². The van der Waals surface area contributed by atoms with Gasteiger partial charge >= 0.3 is 0 Å². The zero-order valence-corrected chi connectivity index (χ0v) is 16.0. The smallest absolute Gasteiger partial charge is 0.162 e. The fourth-order valence-corrected chi connectivity index (χ4v) is 3.63. The van der Waals surface area contributed by atoms with Crippen molar-refractivity contribution in [2.75, 3.05) is 27.3 Å².